The fraction of sp³-hybridized carbons (Fsp3) is 0.292. The van der Waals surface area contributed by atoms with Crippen LogP contribution in [0.2, 0.25) is 0 Å². The number of urea groups is 1. The van der Waals surface area contributed by atoms with Crippen LogP contribution in [0.5, 0.6) is 0 Å². The Morgan fingerprint density at radius 2 is 1.88 bits per heavy atom. The molecular formula is C24H25FN4O3. The maximum absolute atomic E-state index is 13.1. The molecular weight excluding hydrogens is 411 g/mol. The molecule has 1 saturated heterocycles. The molecule has 0 saturated carbocycles. The molecule has 2 N–H and O–H groups in total. The van der Waals surface area contributed by atoms with Gasteiger partial charge >= 0.3 is 6.03 Å². The standard InChI is InChI=1S/C24H25FN4O3/c1-16-5-4-6-20(21(16)23(30)29-13-2-3-14-29)28-24(31)26-12-11-19-15-32-22(27-19)17-7-9-18(25)10-8-17/h4-10,15H,2-3,11-14H2,1H3,(H2,26,28,31). The van der Waals surface area contributed by atoms with Crippen molar-refractivity contribution in [1.82, 2.24) is 15.2 Å². The lowest BCUT2D eigenvalue weighted by Gasteiger charge is -2.19. The number of nitrogens with zero attached hydrogens (tertiary/aromatic N) is 2. The van der Waals surface area contributed by atoms with Gasteiger partial charge in [-0.2, -0.15) is 0 Å². The molecule has 1 aromatic heterocycles. The number of amides is 3. The number of aryl methyl sites for hydroxylation is 1. The molecule has 4 rings (SSSR count). The van der Waals surface area contributed by atoms with E-state index >= 15 is 0 Å². The lowest BCUT2D eigenvalue weighted by Crippen LogP contribution is -2.33. The minimum atomic E-state index is -0.395. The molecule has 0 unspecified atom stereocenters. The van der Waals surface area contributed by atoms with Crippen molar-refractivity contribution in [3.63, 3.8) is 0 Å². The highest BCUT2D eigenvalue weighted by atomic mass is 19.1. The molecule has 2 heterocycles. The fourth-order valence-corrected chi connectivity index (χ4v) is 3.75. The van der Waals surface area contributed by atoms with Gasteiger partial charge in [0.1, 0.15) is 12.1 Å². The van der Waals surface area contributed by atoms with Crippen molar-refractivity contribution >= 4 is 17.6 Å². The zero-order chi connectivity index (χ0) is 22.5. The number of hydrogen-bond donors (Lipinski definition) is 2. The van der Waals surface area contributed by atoms with Gasteiger partial charge in [0.2, 0.25) is 5.89 Å². The van der Waals surface area contributed by atoms with Gasteiger partial charge in [-0.1, -0.05) is 12.1 Å². The van der Waals surface area contributed by atoms with Crippen LogP contribution >= 0.6 is 0 Å². The largest absolute Gasteiger partial charge is 0.444 e. The molecule has 8 heteroatoms. The molecule has 1 fully saturated rings. The molecule has 7 nitrogen and oxygen atoms in total. The minimum Gasteiger partial charge on any atom is -0.444 e. The predicted octanol–water partition coefficient (Wildman–Crippen LogP) is 4.39. The number of benzene rings is 2. The average molecular weight is 436 g/mol. The summed E-state index contributed by atoms with van der Waals surface area (Å²) in [5.74, 6) is 0.0238. The van der Waals surface area contributed by atoms with Crippen molar-refractivity contribution in [3.8, 4) is 11.5 Å². The van der Waals surface area contributed by atoms with Gasteiger partial charge in [0.15, 0.2) is 0 Å². The Hall–Kier alpha value is -3.68. The Bertz CT molecular complexity index is 1100. The van der Waals surface area contributed by atoms with E-state index in [1.807, 2.05) is 24.0 Å². The fourth-order valence-electron chi connectivity index (χ4n) is 3.75. The Morgan fingerprint density at radius 3 is 2.62 bits per heavy atom. The number of halogens is 1. The third-order valence-corrected chi connectivity index (χ3v) is 5.44. The van der Waals surface area contributed by atoms with Crippen LogP contribution in [-0.2, 0) is 6.42 Å². The SMILES string of the molecule is Cc1cccc(NC(=O)NCCc2coc(-c3ccc(F)cc3)n2)c1C(=O)N1CCCC1. The van der Waals surface area contributed by atoms with Crippen LogP contribution in [0.25, 0.3) is 11.5 Å². The molecule has 3 aromatic rings. The highest BCUT2D eigenvalue weighted by Gasteiger charge is 2.24. The van der Waals surface area contributed by atoms with Gasteiger partial charge in [0.05, 0.1) is 16.9 Å². The summed E-state index contributed by atoms with van der Waals surface area (Å²) in [7, 11) is 0. The van der Waals surface area contributed by atoms with Crippen molar-refractivity contribution in [1.29, 1.82) is 0 Å². The van der Waals surface area contributed by atoms with E-state index in [0.29, 0.717) is 41.4 Å². The van der Waals surface area contributed by atoms with E-state index in [1.165, 1.54) is 18.4 Å². The van der Waals surface area contributed by atoms with Crippen LogP contribution in [0, 0.1) is 12.7 Å². The smallest absolute Gasteiger partial charge is 0.319 e. The number of aromatic nitrogens is 1. The van der Waals surface area contributed by atoms with Crippen LogP contribution in [-0.4, -0.2) is 41.5 Å². The maximum atomic E-state index is 13.1. The van der Waals surface area contributed by atoms with Gasteiger partial charge in [0.25, 0.3) is 5.91 Å². The third-order valence-electron chi connectivity index (χ3n) is 5.44. The molecule has 3 amide bonds. The molecule has 0 aliphatic carbocycles. The number of likely N-dealkylation sites (tertiary alicyclic amines) is 1. The van der Waals surface area contributed by atoms with E-state index in [1.54, 1.807) is 18.2 Å². The van der Waals surface area contributed by atoms with Crippen LogP contribution in [0.15, 0.2) is 53.1 Å². The van der Waals surface area contributed by atoms with E-state index in [-0.39, 0.29) is 11.7 Å². The second-order valence-corrected chi connectivity index (χ2v) is 7.78. The number of carbonyl (C=O) groups is 2. The number of carbonyl (C=O) groups excluding carboxylic acids is 2. The Labute approximate surface area is 185 Å². The second kappa shape index (κ2) is 9.64. The van der Waals surface area contributed by atoms with Crippen molar-refractivity contribution in [2.45, 2.75) is 26.2 Å². The van der Waals surface area contributed by atoms with Crippen molar-refractivity contribution in [2.75, 3.05) is 25.0 Å². The average Bonchev–Trinajstić information content (AvgIpc) is 3.47. The summed E-state index contributed by atoms with van der Waals surface area (Å²) in [5, 5.41) is 5.59. The van der Waals surface area contributed by atoms with Crippen molar-refractivity contribution in [3.05, 3.63) is 71.4 Å². The first-order valence-corrected chi connectivity index (χ1v) is 10.7. The first kappa shape index (κ1) is 21.5. The topological polar surface area (TPSA) is 87.5 Å². The Balaban J connectivity index is 1.33. The predicted molar refractivity (Wildman–Crippen MR) is 119 cm³/mol. The molecule has 166 valence electrons. The zero-order valence-corrected chi connectivity index (χ0v) is 17.9. The number of nitrogens with one attached hydrogen (secondary N) is 2. The zero-order valence-electron chi connectivity index (χ0n) is 17.9. The molecule has 0 radical (unpaired) electrons. The van der Waals surface area contributed by atoms with E-state index in [9.17, 15) is 14.0 Å². The van der Waals surface area contributed by atoms with Crippen molar-refractivity contribution < 1.29 is 18.4 Å². The van der Waals surface area contributed by atoms with E-state index in [2.05, 4.69) is 15.6 Å². The van der Waals surface area contributed by atoms with Gasteiger partial charge in [-0.25, -0.2) is 14.2 Å². The molecule has 1 aliphatic rings. The van der Waals surface area contributed by atoms with Crippen LogP contribution in [0.1, 0.15) is 34.5 Å². The molecule has 0 atom stereocenters. The Morgan fingerprint density at radius 1 is 1.12 bits per heavy atom. The summed E-state index contributed by atoms with van der Waals surface area (Å²) >= 11 is 0. The third kappa shape index (κ3) is 4.96. The second-order valence-electron chi connectivity index (χ2n) is 7.78. The lowest BCUT2D eigenvalue weighted by molar-refractivity contribution is 0.0793. The normalized spacial score (nSPS) is 13.2. The maximum Gasteiger partial charge on any atom is 0.319 e. The molecule has 2 aromatic carbocycles. The highest BCUT2D eigenvalue weighted by molar-refractivity contribution is 6.04. The first-order chi connectivity index (χ1) is 15.5. The molecule has 0 spiro atoms. The number of anilines is 1. The molecule has 0 bridgehead atoms. The van der Waals surface area contributed by atoms with Crippen molar-refractivity contribution in [2.24, 2.45) is 0 Å². The van der Waals surface area contributed by atoms with Gasteiger partial charge in [-0.3, -0.25) is 4.79 Å². The first-order valence-electron chi connectivity index (χ1n) is 10.7. The summed E-state index contributed by atoms with van der Waals surface area (Å²) in [6.07, 6.45) is 3.99. The highest BCUT2D eigenvalue weighted by Crippen LogP contribution is 2.24. The van der Waals surface area contributed by atoms with E-state index in [0.717, 1.165) is 31.5 Å². The molecule has 32 heavy (non-hydrogen) atoms. The quantitative estimate of drug-likeness (QED) is 0.600. The van der Waals surface area contributed by atoms with Crippen LogP contribution in [0.3, 0.4) is 0 Å². The summed E-state index contributed by atoms with van der Waals surface area (Å²) in [5.41, 5.74) is 3.21. The lowest BCUT2D eigenvalue weighted by atomic mass is 10.1. The van der Waals surface area contributed by atoms with Gasteiger partial charge in [-0.15, -0.1) is 0 Å². The number of hydrogen-bond acceptors (Lipinski definition) is 4. The monoisotopic (exact) mass is 436 g/mol. The number of oxazole rings is 1. The van der Waals surface area contributed by atoms with E-state index in [4.69, 9.17) is 4.42 Å². The Kier molecular flexibility index (Phi) is 6.49. The van der Waals surface area contributed by atoms with E-state index < -0.39 is 6.03 Å². The summed E-state index contributed by atoms with van der Waals surface area (Å²) < 4.78 is 18.5. The van der Waals surface area contributed by atoms with Crippen LogP contribution < -0.4 is 10.6 Å². The summed E-state index contributed by atoms with van der Waals surface area (Å²) in [4.78, 5) is 31.6. The minimum absolute atomic E-state index is 0.0492. The van der Waals surface area contributed by atoms with Gasteiger partial charge in [-0.05, 0) is 55.7 Å². The summed E-state index contributed by atoms with van der Waals surface area (Å²) in [6, 6.07) is 10.9. The molecule has 1 aliphatic heterocycles. The summed E-state index contributed by atoms with van der Waals surface area (Å²) in [6.45, 7) is 3.70. The van der Waals surface area contributed by atoms with Gasteiger partial charge < -0.3 is 20.0 Å². The van der Waals surface area contributed by atoms with Crippen LogP contribution in [0.4, 0.5) is 14.9 Å². The number of rotatable bonds is 6. The van der Waals surface area contributed by atoms with Gasteiger partial charge in [0, 0.05) is 31.6 Å².